The Bertz CT molecular complexity index is 1050. The number of nitrogens with zero attached hydrogens (tertiary/aromatic N) is 1. The predicted molar refractivity (Wildman–Crippen MR) is 116 cm³/mol. The van der Waals surface area contributed by atoms with Crippen molar-refractivity contribution < 1.29 is 27.5 Å². The van der Waals surface area contributed by atoms with Gasteiger partial charge in [-0.2, -0.15) is 4.31 Å². The Morgan fingerprint density at radius 1 is 1.16 bits per heavy atom. The first-order valence-corrected chi connectivity index (χ1v) is 12.4. The number of benzene rings is 1. The average Bonchev–Trinajstić information content (AvgIpc) is 3.37. The first-order valence-electron chi connectivity index (χ1n) is 10.2. The molecular formula is C21H24N2O6S2. The Hall–Kier alpha value is -2.27. The van der Waals surface area contributed by atoms with E-state index in [0.29, 0.717) is 36.9 Å². The van der Waals surface area contributed by atoms with E-state index in [1.807, 2.05) is 6.07 Å². The minimum Gasteiger partial charge on any atom is -0.448 e. The molecule has 2 heterocycles. The second-order valence-corrected chi connectivity index (χ2v) is 10.6. The molecule has 0 bridgehead atoms. The van der Waals surface area contributed by atoms with Crippen LogP contribution in [-0.2, 0) is 37.1 Å². The number of amides is 1. The van der Waals surface area contributed by atoms with Crippen LogP contribution in [0.2, 0.25) is 0 Å². The van der Waals surface area contributed by atoms with E-state index in [0.717, 1.165) is 19.3 Å². The SMILES string of the molecule is CC(OC(=O)c1cc2c(s1)CCC2)C(=O)Nc1ccc(S(=O)(=O)N2CCOCC2)cc1. The fourth-order valence-electron chi connectivity index (χ4n) is 3.59. The van der Waals surface area contributed by atoms with Crippen molar-refractivity contribution in [3.05, 3.63) is 45.6 Å². The van der Waals surface area contributed by atoms with Crippen molar-refractivity contribution in [2.24, 2.45) is 0 Å². The number of sulfonamides is 1. The van der Waals surface area contributed by atoms with Crippen LogP contribution in [0.3, 0.4) is 0 Å². The van der Waals surface area contributed by atoms with Crippen molar-refractivity contribution in [3.8, 4) is 0 Å². The molecule has 1 atom stereocenters. The Kier molecular flexibility index (Phi) is 6.42. The topological polar surface area (TPSA) is 102 Å². The lowest BCUT2D eigenvalue weighted by Crippen LogP contribution is -2.40. The van der Waals surface area contributed by atoms with Crippen LogP contribution < -0.4 is 5.32 Å². The second-order valence-electron chi connectivity index (χ2n) is 7.49. The number of ether oxygens (including phenoxy) is 2. The molecule has 10 heteroatoms. The van der Waals surface area contributed by atoms with Crippen LogP contribution in [0.5, 0.6) is 0 Å². The molecule has 31 heavy (non-hydrogen) atoms. The normalized spacial score (nSPS) is 17.7. The van der Waals surface area contributed by atoms with Crippen LogP contribution in [0.25, 0.3) is 0 Å². The lowest BCUT2D eigenvalue weighted by Gasteiger charge is -2.26. The molecule has 8 nitrogen and oxygen atoms in total. The first-order chi connectivity index (χ1) is 14.8. The van der Waals surface area contributed by atoms with E-state index in [9.17, 15) is 18.0 Å². The van der Waals surface area contributed by atoms with Crippen molar-refractivity contribution >= 4 is 38.9 Å². The summed E-state index contributed by atoms with van der Waals surface area (Å²) in [5.74, 6) is -0.991. The molecule has 0 spiro atoms. The van der Waals surface area contributed by atoms with Gasteiger partial charge in [-0.05, 0) is 62.1 Å². The Labute approximate surface area is 185 Å². The van der Waals surface area contributed by atoms with Crippen LogP contribution in [0.1, 0.15) is 33.5 Å². The number of carbonyl (C=O) groups is 2. The molecule has 1 amide bonds. The summed E-state index contributed by atoms with van der Waals surface area (Å²) >= 11 is 1.43. The van der Waals surface area contributed by atoms with Gasteiger partial charge in [0.15, 0.2) is 6.10 Å². The fourth-order valence-corrected chi connectivity index (χ4v) is 6.14. The molecule has 1 aliphatic heterocycles. The Morgan fingerprint density at radius 2 is 1.87 bits per heavy atom. The van der Waals surface area contributed by atoms with Gasteiger partial charge in [0.2, 0.25) is 10.0 Å². The lowest BCUT2D eigenvalue weighted by atomic mass is 10.2. The van der Waals surface area contributed by atoms with Gasteiger partial charge in [0, 0.05) is 23.7 Å². The summed E-state index contributed by atoms with van der Waals surface area (Å²) in [4.78, 5) is 26.7. The zero-order valence-corrected chi connectivity index (χ0v) is 18.8. The number of hydrogen-bond acceptors (Lipinski definition) is 7. The Balaban J connectivity index is 1.34. The van der Waals surface area contributed by atoms with Gasteiger partial charge in [-0.15, -0.1) is 11.3 Å². The third kappa shape index (κ3) is 4.82. The van der Waals surface area contributed by atoms with Crippen molar-refractivity contribution in [2.75, 3.05) is 31.6 Å². The maximum absolute atomic E-state index is 12.7. The van der Waals surface area contributed by atoms with E-state index < -0.39 is 28.0 Å². The van der Waals surface area contributed by atoms with Crippen molar-refractivity contribution in [2.45, 2.75) is 37.2 Å². The molecule has 4 rings (SSSR count). The summed E-state index contributed by atoms with van der Waals surface area (Å²) in [6, 6.07) is 7.79. The van der Waals surface area contributed by atoms with Crippen LogP contribution in [0.4, 0.5) is 5.69 Å². The molecule has 0 saturated carbocycles. The number of nitrogens with one attached hydrogen (secondary N) is 1. The minimum atomic E-state index is -3.60. The number of carbonyl (C=O) groups excluding carboxylic acids is 2. The number of esters is 1. The highest BCUT2D eigenvalue weighted by atomic mass is 32.2. The van der Waals surface area contributed by atoms with Gasteiger partial charge >= 0.3 is 5.97 Å². The molecule has 1 fully saturated rings. The van der Waals surface area contributed by atoms with Crippen molar-refractivity contribution in [3.63, 3.8) is 0 Å². The minimum absolute atomic E-state index is 0.151. The standard InChI is InChI=1S/C21H24N2O6S2/c1-14(29-21(25)19-13-15-3-2-4-18(15)30-19)20(24)22-16-5-7-17(8-6-16)31(26,27)23-9-11-28-12-10-23/h5-8,13-14H,2-4,9-12H2,1H3,(H,22,24). The Morgan fingerprint density at radius 3 is 2.55 bits per heavy atom. The summed E-state index contributed by atoms with van der Waals surface area (Å²) in [5, 5.41) is 2.65. The highest BCUT2D eigenvalue weighted by Gasteiger charge is 2.27. The number of hydrogen-bond donors (Lipinski definition) is 1. The average molecular weight is 465 g/mol. The smallest absolute Gasteiger partial charge is 0.349 e. The number of morpholine rings is 1. The maximum Gasteiger partial charge on any atom is 0.349 e. The molecule has 1 aliphatic carbocycles. The molecule has 1 aromatic heterocycles. The quantitative estimate of drug-likeness (QED) is 0.659. The molecule has 2 aromatic rings. The lowest BCUT2D eigenvalue weighted by molar-refractivity contribution is -0.123. The van der Waals surface area contributed by atoms with Gasteiger partial charge in [0.1, 0.15) is 4.88 Å². The summed E-state index contributed by atoms with van der Waals surface area (Å²) in [7, 11) is -3.60. The number of anilines is 1. The molecule has 1 aromatic carbocycles. The molecule has 1 saturated heterocycles. The van der Waals surface area contributed by atoms with E-state index in [-0.39, 0.29) is 4.90 Å². The molecule has 0 radical (unpaired) electrons. The number of aryl methyl sites for hydroxylation is 2. The largest absolute Gasteiger partial charge is 0.448 e. The third-order valence-electron chi connectivity index (χ3n) is 5.33. The summed E-state index contributed by atoms with van der Waals surface area (Å²) in [6.07, 6.45) is 2.09. The third-order valence-corrected chi connectivity index (χ3v) is 8.46. The van der Waals surface area contributed by atoms with Gasteiger partial charge in [-0.1, -0.05) is 0 Å². The molecular weight excluding hydrogens is 440 g/mol. The van der Waals surface area contributed by atoms with Gasteiger partial charge in [0.05, 0.1) is 18.1 Å². The van der Waals surface area contributed by atoms with E-state index >= 15 is 0 Å². The maximum atomic E-state index is 12.7. The zero-order chi connectivity index (χ0) is 22.0. The first kappa shape index (κ1) is 21.9. The summed E-state index contributed by atoms with van der Waals surface area (Å²) < 4.78 is 37.2. The van der Waals surface area contributed by atoms with E-state index in [2.05, 4.69) is 5.32 Å². The van der Waals surface area contributed by atoms with E-state index in [1.165, 1.54) is 57.3 Å². The van der Waals surface area contributed by atoms with Crippen LogP contribution >= 0.6 is 11.3 Å². The number of rotatable bonds is 6. The zero-order valence-electron chi connectivity index (χ0n) is 17.1. The number of thiophene rings is 1. The molecule has 2 aliphatic rings. The van der Waals surface area contributed by atoms with Gasteiger partial charge in [-0.3, -0.25) is 4.79 Å². The monoisotopic (exact) mass is 464 g/mol. The van der Waals surface area contributed by atoms with E-state index in [4.69, 9.17) is 9.47 Å². The molecule has 1 unspecified atom stereocenters. The number of fused-ring (bicyclic) bond motifs is 1. The van der Waals surface area contributed by atoms with Crippen LogP contribution in [-0.4, -0.2) is 57.0 Å². The van der Waals surface area contributed by atoms with Gasteiger partial charge in [-0.25, -0.2) is 13.2 Å². The summed E-state index contributed by atoms with van der Waals surface area (Å²) in [6.45, 7) is 2.88. The summed E-state index contributed by atoms with van der Waals surface area (Å²) in [5.41, 5.74) is 1.62. The van der Waals surface area contributed by atoms with Crippen LogP contribution in [0, 0.1) is 0 Å². The highest BCUT2D eigenvalue weighted by molar-refractivity contribution is 7.89. The predicted octanol–water partition coefficient (Wildman–Crippen LogP) is 2.44. The van der Waals surface area contributed by atoms with Gasteiger partial charge in [0.25, 0.3) is 5.91 Å². The van der Waals surface area contributed by atoms with Gasteiger partial charge < -0.3 is 14.8 Å². The molecule has 1 N–H and O–H groups in total. The highest BCUT2D eigenvalue weighted by Crippen LogP contribution is 2.31. The van der Waals surface area contributed by atoms with E-state index in [1.54, 1.807) is 0 Å². The molecule has 166 valence electrons. The second kappa shape index (κ2) is 9.07. The van der Waals surface area contributed by atoms with Crippen molar-refractivity contribution in [1.82, 2.24) is 4.31 Å². The fraction of sp³-hybridized carbons (Fsp3) is 0.429. The van der Waals surface area contributed by atoms with Crippen molar-refractivity contribution in [1.29, 1.82) is 0 Å². The van der Waals surface area contributed by atoms with Crippen LogP contribution in [0.15, 0.2) is 35.2 Å².